The second-order valence-electron chi connectivity index (χ2n) is 8.08. The third kappa shape index (κ3) is 3.43. The fraction of sp³-hybridized carbons (Fsp3) is 0.550. The molecule has 0 aliphatic carbocycles. The van der Waals surface area contributed by atoms with E-state index in [1.54, 1.807) is 18.3 Å². The summed E-state index contributed by atoms with van der Waals surface area (Å²) < 4.78 is 7.61. The van der Waals surface area contributed by atoms with Gasteiger partial charge in [-0.2, -0.15) is 5.10 Å². The number of nitrogens with one attached hydrogen (secondary N) is 1. The van der Waals surface area contributed by atoms with Gasteiger partial charge in [0.1, 0.15) is 11.8 Å². The highest BCUT2D eigenvalue weighted by atomic mass is 16.5. The molecule has 2 atom stereocenters. The summed E-state index contributed by atoms with van der Waals surface area (Å²) in [5.74, 6) is -0.297. The zero-order chi connectivity index (χ0) is 19.8. The van der Waals surface area contributed by atoms with E-state index in [2.05, 4.69) is 26.9 Å². The molecule has 28 heavy (non-hydrogen) atoms. The maximum atomic E-state index is 13.0. The number of imidazole rings is 1. The van der Waals surface area contributed by atoms with Crippen LogP contribution in [-0.2, 0) is 4.74 Å². The van der Waals surface area contributed by atoms with Crippen molar-refractivity contribution in [1.29, 1.82) is 0 Å². The smallest absolute Gasteiger partial charge is 0.272 e. The lowest BCUT2D eigenvalue weighted by molar-refractivity contribution is -0.176. The summed E-state index contributed by atoms with van der Waals surface area (Å²) in [7, 11) is 0. The predicted molar refractivity (Wildman–Crippen MR) is 104 cm³/mol. The summed E-state index contributed by atoms with van der Waals surface area (Å²) in [5.41, 5.74) is -0.146. The van der Waals surface area contributed by atoms with Crippen LogP contribution in [0.1, 0.15) is 36.7 Å². The van der Waals surface area contributed by atoms with E-state index in [-0.39, 0.29) is 18.1 Å². The van der Waals surface area contributed by atoms with Crippen LogP contribution >= 0.6 is 0 Å². The summed E-state index contributed by atoms with van der Waals surface area (Å²) in [4.78, 5) is 19.5. The molecular weight excluding hydrogens is 358 g/mol. The quantitative estimate of drug-likeness (QED) is 0.764. The first-order valence-electron chi connectivity index (χ1n) is 9.71. The second kappa shape index (κ2) is 7.27. The van der Waals surface area contributed by atoms with Gasteiger partial charge in [0.2, 0.25) is 0 Å². The van der Waals surface area contributed by atoms with Crippen molar-refractivity contribution in [2.75, 3.05) is 26.2 Å². The van der Waals surface area contributed by atoms with Gasteiger partial charge in [-0.1, -0.05) is 6.08 Å². The van der Waals surface area contributed by atoms with E-state index in [0.717, 1.165) is 32.5 Å². The number of aromatic nitrogens is 3. The van der Waals surface area contributed by atoms with Gasteiger partial charge >= 0.3 is 0 Å². The number of nitrogens with zero attached hydrogens (tertiary/aromatic N) is 4. The maximum Gasteiger partial charge on any atom is 0.272 e. The zero-order valence-corrected chi connectivity index (χ0v) is 16.2. The third-order valence-corrected chi connectivity index (χ3v) is 6.04. The molecule has 8 nitrogen and oxygen atoms in total. The van der Waals surface area contributed by atoms with Crippen molar-refractivity contribution in [2.24, 2.45) is 0 Å². The molecule has 2 aromatic heterocycles. The third-order valence-electron chi connectivity index (χ3n) is 6.04. The normalized spacial score (nSPS) is 27.7. The number of rotatable bonds is 4. The monoisotopic (exact) mass is 385 g/mol. The number of aliphatic hydroxyl groups excluding tert-OH is 1. The van der Waals surface area contributed by atoms with Crippen molar-refractivity contribution in [3.05, 3.63) is 42.9 Å². The zero-order valence-electron chi connectivity index (χ0n) is 16.2. The standard InChI is InChI=1S/C20H27N5O3/c1-3-9-24-10-6-20(7-11-24)14-19(2,16(26)13-28-20)23-18(27)15-12-21-17-5-4-8-22-25(15)17/h3-5,8,12,16,26H,1,6-7,9-11,13-14H2,2H3,(H,23,27)/t16-,19-/m1/s1. The summed E-state index contributed by atoms with van der Waals surface area (Å²) in [5, 5.41) is 17.9. The van der Waals surface area contributed by atoms with Crippen molar-refractivity contribution in [2.45, 2.75) is 43.4 Å². The Hall–Kier alpha value is -2.29. The number of likely N-dealkylation sites (tertiary alicyclic amines) is 1. The van der Waals surface area contributed by atoms with Crippen LogP contribution < -0.4 is 5.32 Å². The molecule has 4 heterocycles. The largest absolute Gasteiger partial charge is 0.388 e. The van der Waals surface area contributed by atoms with Crippen LogP contribution in [0.15, 0.2) is 37.2 Å². The number of hydrogen-bond acceptors (Lipinski definition) is 6. The van der Waals surface area contributed by atoms with Gasteiger partial charge in [0.05, 0.1) is 23.9 Å². The molecule has 1 amide bonds. The van der Waals surface area contributed by atoms with Crippen LogP contribution in [0.2, 0.25) is 0 Å². The molecule has 150 valence electrons. The van der Waals surface area contributed by atoms with Gasteiger partial charge < -0.3 is 15.2 Å². The lowest BCUT2D eigenvalue weighted by atomic mass is 9.74. The Morgan fingerprint density at radius 3 is 3.04 bits per heavy atom. The predicted octanol–water partition coefficient (Wildman–Crippen LogP) is 1.02. The fourth-order valence-corrected chi connectivity index (χ4v) is 4.36. The van der Waals surface area contributed by atoms with Gasteiger partial charge in [-0.25, -0.2) is 9.50 Å². The van der Waals surface area contributed by atoms with E-state index < -0.39 is 11.6 Å². The van der Waals surface area contributed by atoms with Crippen LogP contribution in [0.3, 0.4) is 0 Å². The highest BCUT2D eigenvalue weighted by Crippen LogP contribution is 2.39. The van der Waals surface area contributed by atoms with Crippen LogP contribution in [0.25, 0.3) is 5.65 Å². The molecule has 0 bridgehead atoms. The molecule has 4 rings (SSSR count). The van der Waals surface area contributed by atoms with Crippen molar-refractivity contribution in [3.63, 3.8) is 0 Å². The molecule has 0 unspecified atom stereocenters. The van der Waals surface area contributed by atoms with E-state index in [4.69, 9.17) is 4.74 Å². The van der Waals surface area contributed by atoms with E-state index in [1.807, 2.05) is 13.0 Å². The van der Waals surface area contributed by atoms with Crippen LogP contribution in [-0.4, -0.2) is 74.0 Å². The van der Waals surface area contributed by atoms with Crippen molar-refractivity contribution in [3.8, 4) is 0 Å². The van der Waals surface area contributed by atoms with Gasteiger partial charge in [0.25, 0.3) is 5.91 Å². The van der Waals surface area contributed by atoms with Crippen LogP contribution in [0.5, 0.6) is 0 Å². The Kier molecular flexibility index (Phi) is 4.95. The molecule has 8 heteroatoms. The molecule has 2 aliphatic heterocycles. The van der Waals surface area contributed by atoms with E-state index in [0.29, 0.717) is 17.8 Å². The highest BCUT2D eigenvalue weighted by molar-refractivity contribution is 5.93. The van der Waals surface area contributed by atoms with Crippen LogP contribution in [0.4, 0.5) is 0 Å². The number of fused-ring (bicyclic) bond motifs is 1. The van der Waals surface area contributed by atoms with Gasteiger partial charge in [-0.05, 0) is 31.9 Å². The van der Waals surface area contributed by atoms with Crippen molar-refractivity contribution in [1.82, 2.24) is 24.8 Å². The maximum absolute atomic E-state index is 13.0. The first-order valence-corrected chi connectivity index (χ1v) is 9.71. The number of piperidine rings is 1. The van der Waals surface area contributed by atoms with Crippen molar-refractivity contribution >= 4 is 11.6 Å². The minimum absolute atomic E-state index is 0.212. The molecule has 0 saturated carbocycles. The molecule has 2 N–H and O–H groups in total. The lowest BCUT2D eigenvalue weighted by Gasteiger charge is -2.51. The average molecular weight is 385 g/mol. The SMILES string of the molecule is C=CCN1CCC2(CC1)C[C@@](C)(NC(=O)c1cnc3cccnn13)[C@H](O)CO2. The fourth-order valence-electron chi connectivity index (χ4n) is 4.36. The molecule has 0 radical (unpaired) electrons. The number of hydrogen-bond donors (Lipinski definition) is 2. The molecular formula is C20H27N5O3. The van der Waals surface area contributed by atoms with Gasteiger partial charge in [0, 0.05) is 32.3 Å². The van der Waals surface area contributed by atoms with Crippen LogP contribution in [0, 0.1) is 0 Å². The minimum atomic E-state index is -0.783. The Morgan fingerprint density at radius 2 is 2.29 bits per heavy atom. The van der Waals surface area contributed by atoms with E-state index in [9.17, 15) is 9.90 Å². The molecule has 2 saturated heterocycles. The molecule has 2 fully saturated rings. The van der Waals surface area contributed by atoms with E-state index >= 15 is 0 Å². The van der Waals surface area contributed by atoms with Gasteiger partial charge in [-0.3, -0.25) is 9.69 Å². The molecule has 2 aromatic rings. The first-order chi connectivity index (χ1) is 13.4. The molecule has 2 aliphatic rings. The molecule has 1 spiro atoms. The Bertz CT molecular complexity index is 874. The number of amides is 1. The average Bonchev–Trinajstić information content (AvgIpc) is 3.12. The Morgan fingerprint density at radius 1 is 1.50 bits per heavy atom. The van der Waals surface area contributed by atoms with Gasteiger partial charge in [-0.15, -0.1) is 6.58 Å². The Balaban J connectivity index is 1.51. The first kappa shape index (κ1) is 19.0. The summed E-state index contributed by atoms with van der Waals surface area (Å²) in [6, 6.07) is 3.57. The summed E-state index contributed by atoms with van der Waals surface area (Å²) >= 11 is 0. The van der Waals surface area contributed by atoms with Crippen molar-refractivity contribution < 1.29 is 14.6 Å². The van der Waals surface area contributed by atoms with E-state index in [1.165, 1.54) is 10.7 Å². The number of ether oxygens (including phenoxy) is 1. The minimum Gasteiger partial charge on any atom is -0.388 e. The topological polar surface area (TPSA) is 92.0 Å². The number of aliphatic hydroxyl groups is 1. The summed E-state index contributed by atoms with van der Waals surface area (Å²) in [6.45, 7) is 8.62. The lowest BCUT2D eigenvalue weighted by Crippen LogP contribution is -2.65. The second-order valence-corrected chi connectivity index (χ2v) is 8.08. The number of carbonyl (C=O) groups is 1. The number of carbonyl (C=O) groups excluding carboxylic acids is 1. The highest BCUT2D eigenvalue weighted by Gasteiger charge is 2.50. The Labute approximate surface area is 164 Å². The van der Waals surface area contributed by atoms with Gasteiger partial charge in [0.15, 0.2) is 5.65 Å². The summed E-state index contributed by atoms with van der Waals surface area (Å²) in [6.07, 6.45) is 6.57. The molecule has 0 aromatic carbocycles.